The second kappa shape index (κ2) is 8.78. The highest BCUT2D eigenvalue weighted by atomic mass is 79.9. The predicted octanol–water partition coefficient (Wildman–Crippen LogP) is 6.52. The fourth-order valence-corrected chi connectivity index (χ4v) is 2.22. The fraction of sp³-hybridized carbons (Fsp3) is 0. The number of anilines is 1. The lowest BCUT2D eigenvalue weighted by atomic mass is 10.3. The summed E-state index contributed by atoms with van der Waals surface area (Å²) >= 11 is 22.4. The van der Waals surface area contributed by atoms with Gasteiger partial charge in [-0.1, -0.05) is 23.2 Å². The molecule has 2 nitrogen and oxygen atoms in total. The molecule has 104 valence electrons. The van der Waals surface area contributed by atoms with Gasteiger partial charge in [0.15, 0.2) is 0 Å². The Labute approximate surface area is 149 Å². The summed E-state index contributed by atoms with van der Waals surface area (Å²) in [5.74, 6) is 0. The van der Waals surface area contributed by atoms with Gasteiger partial charge in [-0.05, 0) is 80.5 Å². The molecule has 0 aliphatic rings. The van der Waals surface area contributed by atoms with Crippen molar-refractivity contribution in [3.63, 3.8) is 0 Å². The number of nitrogens with two attached hydrogens (primary N) is 1. The van der Waals surface area contributed by atoms with Crippen LogP contribution in [-0.4, -0.2) is 5.16 Å². The van der Waals surface area contributed by atoms with Gasteiger partial charge >= 0.3 is 0 Å². The number of hydrogen-bond acceptors (Lipinski definition) is 3. The predicted molar refractivity (Wildman–Crippen MR) is 97.4 cm³/mol. The highest BCUT2D eigenvalue weighted by Crippen LogP contribution is 2.26. The van der Waals surface area contributed by atoms with Crippen LogP contribution < -0.4 is 5.73 Å². The number of nitrogen functional groups attached to an aromatic ring is 1. The van der Waals surface area contributed by atoms with Crippen LogP contribution in [0.25, 0.3) is 0 Å². The molecule has 2 rings (SSSR count). The molecule has 0 fully saturated rings. The molecule has 0 amide bonds. The molecule has 0 atom stereocenters. The van der Waals surface area contributed by atoms with Gasteiger partial charge in [0, 0.05) is 14.6 Å². The van der Waals surface area contributed by atoms with Crippen LogP contribution in [0.2, 0.25) is 10.0 Å². The third kappa shape index (κ3) is 5.92. The Hall–Kier alpha value is -0.420. The maximum Gasteiger partial charge on any atom is 0.0751 e. The van der Waals surface area contributed by atoms with E-state index in [1.165, 1.54) is 0 Å². The number of isothiocyanates is 1. The summed E-state index contributed by atoms with van der Waals surface area (Å²) in [4.78, 5) is 3.78. The number of hydrogen-bond donors (Lipinski definition) is 1. The van der Waals surface area contributed by atoms with Crippen LogP contribution in [0.15, 0.2) is 50.3 Å². The summed E-state index contributed by atoms with van der Waals surface area (Å²) in [6.07, 6.45) is 0. The Morgan fingerprint density at radius 1 is 1.00 bits per heavy atom. The van der Waals surface area contributed by atoms with Crippen molar-refractivity contribution in [3.05, 3.63) is 55.4 Å². The van der Waals surface area contributed by atoms with Crippen LogP contribution in [0.1, 0.15) is 0 Å². The van der Waals surface area contributed by atoms with Gasteiger partial charge in [0.1, 0.15) is 0 Å². The Balaban J connectivity index is 0.000000204. The molecule has 2 aromatic carbocycles. The van der Waals surface area contributed by atoms with Crippen LogP contribution in [0.5, 0.6) is 0 Å². The van der Waals surface area contributed by atoms with E-state index in [-0.39, 0.29) is 0 Å². The van der Waals surface area contributed by atoms with E-state index in [0.717, 1.165) is 14.6 Å². The van der Waals surface area contributed by atoms with Crippen molar-refractivity contribution in [2.24, 2.45) is 4.99 Å². The zero-order chi connectivity index (χ0) is 15.1. The summed E-state index contributed by atoms with van der Waals surface area (Å²) in [6.45, 7) is 0. The van der Waals surface area contributed by atoms with E-state index in [0.29, 0.717) is 15.7 Å². The van der Waals surface area contributed by atoms with Crippen molar-refractivity contribution in [2.75, 3.05) is 5.73 Å². The number of benzene rings is 2. The smallest absolute Gasteiger partial charge is 0.0751 e. The molecule has 0 aliphatic heterocycles. The van der Waals surface area contributed by atoms with Crippen molar-refractivity contribution < 1.29 is 0 Å². The summed E-state index contributed by atoms with van der Waals surface area (Å²) in [5, 5.41) is 3.62. The minimum Gasteiger partial charge on any atom is -0.399 e. The number of thiocarbonyl (C=S) groups is 1. The van der Waals surface area contributed by atoms with Gasteiger partial charge < -0.3 is 5.73 Å². The van der Waals surface area contributed by atoms with Crippen LogP contribution in [0, 0.1) is 0 Å². The second-order valence-corrected chi connectivity index (χ2v) is 6.18. The summed E-state index contributed by atoms with van der Waals surface area (Å²) in [7, 11) is 0. The normalized spacial score (nSPS) is 9.20. The molecular formula is C13H8Br2Cl2N2S. The molecule has 0 aliphatic carbocycles. The summed E-state index contributed by atoms with van der Waals surface area (Å²) < 4.78 is 1.65. The van der Waals surface area contributed by atoms with E-state index < -0.39 is 0 Å². The zero-order valence-electron chi connectivity index (χ0n) is 9.91. The lowest BCUT2D eigenvalue weighted by Gasteiger charge is -1.94. The Morgan fingerprint density at radius 3 is 2.00 bits per heavy atom. The minimum atomic E-state index is 0.660. The van der Waals surface area contributed by atoms with Crippen molar-refractivity contribution in [1.29, 1.82) is 0 Å². The molecule has 7 heteroatoms. The number of aliphatic imine (C=N–C) groups is 1. The standard InChI is InChI=1S/C7H3BrClNS.C6H5BrClN/c8-6-3-5(10-4-11)1-2-7(6)9;7-5-3-4(9)1-2-6(5)8/h1-3H;1-3H,9H2. The Bertz CT molecular complexity index is 659. The van der Waals surface area contributed by atoms with Crippen LogP contribution in [0.3, 0.4) is 0 Å². The van der Waals surface area contributed by atoms with E-state index in [4.69, 9.17) is 28.9 Å². The maximum atomic E-state index is 5.75. The van der Waals surface area contributed by atoms with E-state index >= 15 is 0 Å². The van der Waals surface area contributed by atoms with Crippen LogP contribution in [-0.2, 0) is 0 Å². The van der Waals surface area contributed by atoms with E-state index in [9.17, 15) is 0 Å². The van der Waals surface area contributed by atoms with Gasteiger partial charge in [0.2, 0.25) is 0 Å². The van der Waals surface area contributed by atoms with Crippen molar-refractivity contribution in [1.82, 2.24) is 0 Å². The monoisotopic (exact) mass is 452 g/mol. The van der Waals surface area contributed by atoms with Crippen LogP contribution in [0.4, 0.5) is 11.4 Å². The van der Waals surface area contributed by atoms with Crippen LogP contribution >= 0.6 is 67.3 Å². The average Bonchev–Trinajstić information content (AvgIpc) is 2.40. The molecule has 0 aromatic heterocycles. The topological polar surface area (TPSA) is 38.4 Å². The SMILES string of the molecule is Nc1ccc(Cl)c(Br)c1.S=C=Nc1ccc(Cl)c(Br)c1. The van der Waals surface area contributed by atoms with Gasteiger partial charge in [-0.2, -0.15) is 4.99 Å². The third-order valence-corrected chi connectivity index (χ3v) is 4.54. The summed E-state index contributed by atoms with van der Waals surface area (Å²) in [6, 6.07) is 10.6. The highest BCUT2D eigenvalue weighted by Gasteiger charge is 1.96. The Morgan fingerprint density at radius 2 is 1.55 bits per heavy atom. The molecule has 0 heterocycles. The molecule has 0 saturated heterocycles. The average molecular weight is 455 g/mol. The third-order valence-electron chi connectivity index (χ3n) is 2.02. The molecule has 0 radical (unpaired) electrons. The quantitative estimate of drug-likeness (QED) is 0.302. The molecule has 0 saturated carbocycles. The molecule has 2 N–H and O–H groups in total. The molecule has 0 bridgehead atoms. The lowest BCUT2D eigenvalue weighted by Crippen LogP contribution is -1.82. The van der Waals surface area contributed by atoms with E-state index in [1.807, 2.05) is 0 Å². The van der Waals surface area contributed by atoms with Crippen molar-refractivity contribution in [3.8, 4) is 0 Å². The molecule has 0 unspecified atom stereocenters. The van der Waals surface area contributed by atoms with Gasteiger partial charge in [0.25, 0.3) is 0 Å². The van der Waals surface area contributed by atoms with Gasteiger partial charge in [-0.15, -0.1) is 0 Å². The first-order valence-corrected chi connectivity index (χ1v) is 7.92. The second-order valence-electron chi connectivity index (χ2n) is 3.48. The molecule has 2 aromatic rings. The molecular weight excluding hydrogens is 447 g/mol. The van der Waals surface area contributed by atoms with Crippen molar-refractivity contribution in [2.45, 2.75) is 0 Å². The first-order chi connectivity index (χ1) is 9.43. The number of rotatable bonds is 1. The van der Waals surface area contributed by atoms with Gasteiger partial charge in [-0.3, -0.25) is 0 Å². The van der Waals surface area contributed by atoms with Crippen molar-refractivity contribution >= 4 is 83.8 Å². The number of halogens is 4. The lowest BCUT2D eigenvalue weighted by molar-refractivity contribution is 1.53. The fourth-order valence-electron chi connectivity index (χ4n) is 1.12. The zero-order valence-corrected chi connectivity index (χ0v) is 15.4. The van der Waals surface area contributed by atoms with Gasteiger partial charge in [0.05, 0.1) is 20.9 Å². The first kappa shape index (κ1) is 17.6. The largest absolute Gasteiger partial charge is 0.399 e. The maximum absolute atomic E-state index is 5.75. The minimum absolute atomic E-state index is 0.660. The molecule has 0 spiro atoms. The number of nitrogens with zero attached hydrogens (tertiary/aromatic N) is 1. The van der Waals surface area contributed by atoms with E-state index in [1.54, 1.807) is 36.4 Å². The Kier molecular flexibility index (Phi) is 7.74. The molecule has 20 heavy (non-hydrogen) atoms. The van der Waals surface area contributed by atoms with E-state index in [2.05, 4.69) is 54.2 Å². The first-order valence-electron chi connectivity index (χ1n) is 5.17. The highest BCUT2D eigenvalue weighted by molar-refractivity contribution is 9.10. The van der Waals surface area contributed by atoms with Gasteiger partial charge in [-0.25, -0.2) is 0 Å². The summed E-state index contributed by atoms with van der Waals surface area (Å²) in [5.41, 5.74) is 6.90.